The molecule has 1 aliphatic heterocycles. The van der Waals surface area contributed by atoms with Crippen LogP contribution in [0.15, 0.2) is 24.3 Å². The number of carbonyl (C=O) groups excluding carboxylic acids is 2. The zero-order valence-corrected chi connectivity index (χ0v) is 12.3. The Balaban J connectivity index is 1.89. The van der Waals surface area contributed by atoms with E-state index in [9.17, 15) is 9.59 Å². The lowest BCUT2D eigenvalue weighted by atomic mass is 9.76. The molecule has 0 radical (unpaired) electrons. The Hall–Kier alpha value is -1.88. The number of nitrogens with zero attached hydrogens (tertiary/aromatic N) is 1. The van der Waals surface area contributed by atoms with Crippen molar-refractivity contribution in [1.29, 1.82) is 0 Å². The molecule has 0 bridgehead atoms. The summed E-state index contributed by atoms with van der Waals surface area (Å²) in [5.74, 6) is 0.349. The number of rotatable bonds is 2. The molecule has 1 saturated heterocycles. The van der Waals surface area contributed by atoms with Crippen molar-refractivity contribution in [2.24, 2.45) is 11.7 Å². The van der Waals surface area contributed by atoms with E-state index in [0.717, 1.165) is 31.2 Å². The molecule has 0 aromatic heterocycles. The van der Waals surface area contributed by atoms with Gasteiger partial charge in [0, 0.05) is 6.54 Å². The van der Waals surface area contributed by atoms with Crippen LogP contribution in [0, 0.1) is 5.92 Å². The van der Waals surface area contributed by atoms with Crippen LogP contribution in [0.5, 0.6) is 0 Å². The summed E-state index contributed by atoms with van der Waals surface area (Å²) in [5.41, 5.74) is 6.48. The minimum Gasteiger partial charge on any atom is -0.326 e. The molecule has 21 heavy (non-hydrogen) atoms. The molecule has 2 unspecified atom stereocenters. The number of hydrogen-bond acceptors (Lipinski definition) is 3. The van der Waals surface area contributed by atoms with E-state index in [-0.39, 0.29) is 11.9 Å². The molecule has 5 heteroatoms. The first-order valence-corrected chi connectivity index (χ1v) is 7.51. The molecule has 3 N–H and O–H groups in total. The van der Waals surface area contributed by atoms with Gasteiger partial charge in [-0.3, -0.25) is 4.79 Å². The summed E-state index contributed by atoms with van der Waals surface area (Å²) in [6.07, 6.45) is 3.57. The molecule has 3 amide bonds. The van der Waals surface area contributed by atoms with Gasteiger partial charge >= 0.3 is 6.03 Å². The molecule has 1 spiro atoms. The third kappa shape index (κ3) is 2.31. The van der Waals surface area contributed by atoms with Crippen LogP contribution >= 0.6 is 0 Å². The lowest BCUT2D eigenvalue weighted by Crippen LogP contribution is -2.50. The number of urea groups is 1. The highest BCUT2D eigenvalue weighted by Gasteiger charge is 2.52. The number of nitrogens with one attached hydrogen (secondary N) is 1. The number of nitrogens with two attached hydrogens (primary N) is 1. The number of imide groups is 1. The predicted molar refractivity (Wildman–Crippen MR) is 80.7 cm³/mol. The molecule has 1 heterocycles. The van der Waals surface area contributed by atoms with E-state index in [4.69, 9.17) is 5.73 Å². The summed E-state index contributed by atoms with van der Waals surface area (Å²) in [6.45, 7) is 2.58. The largest absolute Gasteiger partial charge is 0.329 e. The maximum absolute atomic E-state index is 12.8. The third-order valence-electron chi connectivity index (χ3n) is 4.59. The Kier molecular flexibility index (Phi) is 3.45. The summed E-state index contributed by atoms with van der Waals surface area (Å²) in [6, 6.07) is 6.96. The van der Waals surface area contributed by atoms with E-state index in [1.165, 1.54) is 4.90 Å². The Labute approximate surface area is 124 Å². The van der Waals surface area contributed by atoms with Gasteiger partial charge in [0.05, 0.1) is 5.69 Å². The van der Waals surface area contributed by atoms with Crippen LogP contribution in [-0.2, 0) is 11.3 Å². The molecule has 1 saturated carbocycles. The second-order valence-electron chi connectivity index (χ2n) is 6.22. The van der Waals surface area contributed by atoms with Gasteiger partial charge in [-0.2, -0.15) is 0 Å². The molecular formula is C16H21N3O2. The van der Waals surface area contributed by atoms with Gasteiger partial charge in [-0.15, -0.1) is 0 Å². The van der Waals surface area contributed by atoms with E-state index in [1.807, 2.05) is 12.1 Å². The highest BCUT2D eigenvalue weighted by Crippen LogP contribution is 2.38. The summed E-state index contributed by atoms with van der Waals surface area (Å²) in [4.78, 5) is 26.4. The average Bonchev–Trinajstić information content (AvgIpc) is 2.70. The molecule has 2 fully saturated rings. The van der Waals surface area contributed by atoms with E-state index in [2.05, 4.69) is 12.2 Å². The SMILES string of the molecule is CC1CCCC2(C1)NC(=O)N(c1ccc(CN)cc1)C2=O. The number of hydrogen-bond donors (Lipinski definition) is 2. The second-order valence-corrected chi connectivity index (χ2v) is 6.22. The third-order valence-corrected chi connectivity index (χ3v) is 4.59. The van der Waals surface area contributed by atoms with Gasteiger partial charge in [-0.1, -0.05) is 31.9 Å². The molecular weight excluding hydrogens is 266 g/mol. The second kappa shape index (κ2) is 5.15. The van der Waals surface area contributed by atoms with Crippen molar-refractivity contribution >= 4 is 17.6 Å². The number of benzene rings is 1. The smallest absolute Gasteiger partial charge is 0.326 e. The Morgan fingerprint density at radius 1 is 1.33 bits per heavy atom. The zero-order valence-electron chi connectivity index (χ0n) is 12.3. The Bertz CT molecular complexity index is 569. The van der Waals surface area contributed by atoms with Gasteiger partial charge < -0.3 is 11.1 Å². The van der Waals surface area contributed by atoms with Crippen LogP contribution in [0.25, 0.3) is 0 Å². The van der Waals surface area contributed by atoms with Gasteiger partial charge in [0.1, 0.15) is 5.54 Å². The highest BCUT2D eigenvalue weighted by atomic mass is 16.2. The van der Waals surface area contributed by atoms with Gasteiger partial charge in [0.15, 0.2) is 0 Å². The molecule has 1 aromatic carbocycles. The molecule has 2 aliphatic rings. The van der Waals surface area contributed by atoms with Crippen molar-refractivity contribution < 1.29 is 9.59 Å². The topological polar surface area (TPSA) is 75.4 Å². The van der Waals surface area contributed by atoms with Crippen molar-refractivity contribution in [3.05, 3.63) is 29.8 Å². The van der Waals surface area contributed by atoms with Gasteiger partial charge in [0.2, 0.25) is 0 Å². The van der Waals surface area contributed by atoms with Gasteiger partial charge in [-0.25, -0.2) is 9.69 Å². The monoisotopic (exact) mass is 287 g/mol. The Morgan fingerprint density at radius 2 is 2.05 bits per heavy atom. The number of anilines is 1. The zero-order chi connectivity index (χ0) is 15.0. The molecule has 1 aromatic rings. The van der Waals surface area contributed by atoms with Crippen molar-refractivity contribution in [1.82, 2.24) is 5.32 Å². The standard InChI is InChI=1S/C16H21N3O2/c1-11-3-2-8-16(9-11)14(20)19(15(21)18-16)13-6-4-12(10-17)5-7-13/h4-7,11H,2-3,8-10,17H2,1H3,(H,18,21). The molecule has 2 atom stereocenters. The number of carbonyl (C=O) groups is 2. The maximum atomic E-state index is 12.8. The first-order valence-electron chi connectivity index (χ1n) is 7.51. The van der Waals surface area contributed by atoms with E-state index in [0.29, 0.717) is 18.2 Å². The maximum Gasteiger partial charge on any atom is 0.329 e. The molecule has 3 rings (SSSR count). The first-order chi connectivity index (χ1) is 10.1. The summed E-state index contributed by atoms with van der Waals surface area (Å²) >= 11 is 0. The summed E-state index contributed by atoms with van der Waals surface area (Å²) in [7, 11) is 0. The van der Waals surface area contributed by atoms with Crippen molar-refractivity contribution in [2.75, 3.05) is 4.90 Å². The number of amides is 3. The normalized spacial score (nSPS) is 29.0. The van der Waals surface area contributed by atoms with Crippen LogP contribution < -0.4 is 16.0 Å². The summed E-state index contributed by atoms with van der Waals surface area (Å²) < 4.78 is 0. The minimum atomic E-state index is -0.693. The fourth-order valence-electron chi connectivity index (χ4n) is 3.49. The average molecular weight is 287 g/mol. The first kappa shape index (κ1) is 14.1. The Morgan fingerprint density at radius 3 is 2.67 bits per heavy atom. The lowest BCUT2D eigenvalue weighted by molar-refractivity contribution is -0.123. The van der Waals surface area contributed by atoms with Crippen LogP contribution in [0.2, 0.25) is 0 Å². The molecule has 1 aliphatic carbocycles. The molecule has 112 valence electrons. The highest BCUT2D eigenvalue weighted by molar-refractivity contribution is 6.23. The van der Waals surface area contributed by atoms with Crippen molar-refractivity contribution in [3.63, 3.8) is 0 Å². The fourth-order valence-corrected chi connectivity index (χ4v) is 3.49. The minimum absolute atomic E-state index is 0.112. The molecule has 5 nitrogen and oxygen atoms in total. The van der Waals surface area contributed by atoms with Crippen LogP contribution in [0.1, 0.15) is 38.2 Å². The van der Waals surface area contributed by atoms with Crippen molar-refractivity contribution in [2.45, 2.75) is 44.7 Å². The predicted octanol–water partition coefficient (Wildman–Crippen LogP) is 2.15. The van der Waals surface area contributed by atoms with E-state index in [1.54, 1.807) is 12.1 Å². The van der Waals surface area contributed by atoms with Crippen LogP contribution in [-0.4, -0.2) is 17.5 Å². The van der Waals surface area contributed by atoms with E-state index < -0.39 is 5.54 Å². The summed E-state index contributed by atoms with van der Waals surface area (Å²) in [5, 5.41) is 2.94. The van der Waals surface area contributed by atoms with Gasteiger partial charge in [-0.05, 0) is 36.5 Å². The quantitative estimate of drug-likeness (QED) is 0.818. The van der Waals surface area contributed by atoms with Crippen LogP contribution in [0.4, 0.5) is 10.5 Å². The van der Waals surface area contributed by atoms with Crippen LogP contribution in [0.3, 0.4) is 0 Å². The van der Waals surface area contributed by atoms with Gasteiger partial charge in [0.25, 0.3) is 5.91 Å². The van der Waals surface area contributed by atoms with E-state index >= 15 is 0 Å². The van der Waals surface area contributed by atoms with Crippen molar-refractivity contribution in [3.8, 4) is 0 Å². The lowest BCUT2D eigenvalue weighted by Gasteiger charge is -2.34. The fraction of sp³-hybridized carbons (Fsp3) is 0.500.